The van der Waals surface area contributed by atoms with Crippen LogP contribution in [0.4, 0.5) is 4.79 Å². The van der Waals surface area contributed by atoms with Crippen LogP contribution in [0.3, 0.4) is 0 Å². The normalized spacial score (nSPS) is 16.5. The molecule has 1 fully saturated rings. The van der Waals surface area contributed by atoms with Gasteiger partial charge in [0.05, 0.1) is 17.9 Å². The fraction of sp³-hybridized carbons (Fsp3) is 0.464. The van der Waals surface area contributed by atoms with Crippen molar-refractivity contribution in [2.75, 3.05) is 13.2 Å². The van der Waals surface area contributed by atoms with E-state index in [1.54, 1.807) is 0 Å². The first-order valence-electron chi connectivity index (χ1n) is 12.4. The molecule has 1 unspecified atom stereocenters. The first-order valence-corrected chi connectivity index (χ1v) is 12.4. The number of nitrogens with one attached hydrogen (secondary N) is 2. The molecular formula is C28H34N2O5. The Balaban J connectivity index is 1.35. The third kappa shape index (κ3) is 5.66. The average molecular weight is 479 g/mol. The van der Waals surface area contributed by atoms with Gasteiger partial charge in [0, 0.05) is 12.5 Å². The molecule has 0 bridgehead atoms. The molecule has 2 aliphatic carbocycles. The predicted octanol–water partition coefficient (Wildman–Crippen LogP) is 4.70. The van der Waals surface area contributed by atoms with E-state index in [2.05, 4.69) is 34.9 Å². The molecule has 3 N–H and O–H groups in total. The van der Waals surface area contributed by atoms with Gasteiger partial charge in [-0.1, -0.05) is 62.4 Å². The molecule has 0 saturated heterocycles. The molecule has 2 aliphatic rings. The van der Waals surface area contributed by atoms with E-state index in [4.69, 9.17) is 4.74 Å². The summed E-state index contributed by atoms with van der Waals surface area (Å²) < 4.78 is 5.60. The van der Waals surface area contributed by atoms with Crippen molar-refractivity contribution in [3.05, 3.63) is 59.7 Å². The molecule has 2 amide bonds. The number of aliphatic carboxylic acids is 1. The van der Waals surface area contributed by atoms with Crippen molar-refractivity contribution >= 4 is 18.0 Å². The Labute approximate surface area is 206 Å². The number of ether oxygens (including phenoxy) is 1. The zero-order valence-corrected chi connectivity index (χ0v) is 20.4. The molecule has 2 aromatic rings. The molecule has 0 aliphatic heterocycles. The van der Waals surface area contributed by atoms with Gasteiger partial charge in [0.2, 0.25) is 5.91 Å². The molecular weight excluding hydrogens is 444 g/mol. The third-order valence-electron chi connectivity index (χ3n) is 7.15. The second-order valence-corrected chi connectivity index (χ2v) is 10.2. The summed E-state index contributed by atoms with van der Waals surface area (Å²) in [6.07, 6.45) is 2.18. The number of hydrogen-bond donors (Lipinski definition) is 3. The molecule has 4 rings (SSSR count). The molecule has 35 heavy (non-hydrogen) atoms. The van der Waals surface area contributed by atoms with Gasteiger partial charge in [-0.05, 0) is 53.9 Å². The van der Waals surface area contributed by atoms with E-state index in [9.17, 15) is 19.5 Å². The van der Waals surface area contributed by atoms with E-state index in [-0.39, 0.29) is 37.3 Å². The highest BCUT2D eigenvalue weighted by Gasteiger charge is 2.41. The first kappa shape index (κ1) is 24.8. The van der Waals surface area contributed by atoms with E-state index < -0.39 is 23.5 Å². The van der Waals surface area contributed by atoms with Crippen molar-refractivity contribution in [1.82, 2.24) is 10.6 Å². The minimum atomic E-state index is -0.915. The van der Waals surface area contributed by atoms with Crippen molar-refractivity contribution in [3.8, 4) is 11.1 Å². The number of hydrogen-bond acceptors (Lipinski definition) is 4. The summed E-state index contributed by atoms with van der Waals surface area (Å²) in [7, 11) is 0. The Kier molecular flexibility index (Phi) is 7.43. The number of carboxylic acids is 1. The van der Waals surface area contributed by atoms with Gasteiger partial charge in [-0.3, -0.25) is 9.59 Å². The smallest absolute Gasteiger partial charge is 0.407 e. The molecule has 0 radical (unpaired) electrons. The van der Waals surface area contributed by atoms with Crippen LogP contribution in [0.25, 0.3) is 11.1 Å². The highest BCUT2D eigenvalue weighted by atomic mass is 16.5. The lowest BCUT2D eigenvalue weighted by Crippen LogP contribution is -2.57. The van der Waals surface area contributed by atoms with E-state index in [1.807, 2.05) is 38.1 Å². The van der Waals surface area contributed by atoms with Crippen LogP contribution in [0.1, 0.15) is 63.0 Å². The molecule has 1 atom stereocenters. The van der Waals surface area contributed by atoms with E-state index in [0.717, 1.165) is 28.7 Å². The molecule has 0 spiro atoms. The monoisotopic (exact) mass is 478 g/mol. The van der Waals surface area contributed by atoms with Gasteiger partial charge in [0.15, 0.2) is 0 Å². The zero-order valence-electron chi connectivity index (χ0n) is 20.4. The van der Waals surface area contributed by atoms with Crippen LogP contribution >= 0.6 is 0 Å². The molecule has 2 aromatic carbocycles. The van der Waals surface area contributed by atoms with Gasteiger partial charge in [0.1, 0.15) is 6.61 Å². The zero-order chi connectivity index (χ0) is 25.0. The number of carbonyl (C=O) groups excluding carboxylic acids is 2. The van der Waals surface area contributed by atoms with Gasteiger partial charge >= 0.3 is 12.1 Å². The second-order valence-electron chi connectivity index (χ2n) is 10.2. The highest BCUT2D eigenvalue weighted by molar-refractivity contribution is 5.82. The predicted molar refractivity (Wildman–Crippen MR) is 133 cm³/mol. The highest BCUT2D eigenvalue weighted by Crippen LogP contribution is 2.44. The minimum Gasteiger partial charge on any atom is -0.481 e. The first-order chi connectivity index (χ1) is 16.8. The second kappa shape index (κ2) is 10.5. The van der Waals surface area contributed by atoms with Crippen LogP contribution in [0.2, 0.25) is 0 Å². The van der Waals surface area contributed by atoms with Crippen LogP contribution in [0, 0.1) is 11.8 Å². The summed E-state index contributed by atoms with van der Waals surface area (Å²) in [5.74, 6) is -1.37. The van der Waals surface area contributed by atoms with Crippen molar-refractivity contribution in [2.24, 2.45) is 11.8 Å². The summed E-state index contributed by atoms with van der Waals surface area (Å²) in [6.45, 7) is 4.39. The molecule has 1 saturated carbocycles. The summed E-state index contributed by atoms with van der Waals surface area (Å²) in [5.41, 5.74) is 3.95. The number of benzene rings is 2. The number of carbonyl (C=O) groups is 3. The molecule has 186 valence electrons. The lowest BCUT2D eigenvalue weighted by atomic mass is 9.74. The molecule has 7 heteroatoms. The standard InChI is InChI=1S/C28H34N2O5/c1-18(2)14-19(26(33)30-28(12-7-13-28)15-25(31)32)16-29-27(34)35-17-24-22-10-5-3-8-20(22)21-9-4-6-11-23(21)24/h3-6,8-11,18-19,24H,7,12-17H2,1-2H3,(H,29,34)(H,30,33)(H,31,32). The van der Waals surface area contributed by atoms with Crippen LogP contribution in [0.5, 0.6) is 0 Å². The summed E-state index contributed by atoms with van der Waals surface area (Å²) in [5, 5.41) is 15.0. The Morgan fingerprint density at radius 1 is 1.03 bits per heavy atom. The maximum atomic E-state index is 13.0. The third-order valence-corrected chi connectivity index (χ3v) is 7.15. The van der Waals surface area contributed by atoms with Crippen LogP contribution < -0.4 is 10.6 Å². The van der Waals surface area contributed by atoms with Crippen LogP contribution in [-0.2, 0) is 14.3 Å². The van der Waals surface area contributed by atoms with E-state index in [1.165, 1.54) is 0 Å². The number of rotatable bonds is 10. The largest absolute Gasteiger partial charge is 0.481 e. The maximum absolute atomic E-state index is 13.0. The number of amides is 2. The van der Waals surface area contributed by atoms with E-state index in [0.29, 0.717) is 19.3 Å². The van der Waals surface area contributed by atoms with Gasteiger partial charge in [-0.2, -0.15) is 0 Å². The summed E-state index contributed by atoms with van der Waals surface area (Å²) in [4.78, 5) is 36.9. The quantitative estimate of drug-likeness (QED) is 0.459. The lowest BCUT2D eigenvalue weighted by Gasteiger charge is -2.42. The fourth-order valence-electron chi connectivity index (χ4n) is 5.31. The molecule has 0 aromatic heterocycles. The van der Waals surface area contributed by atoms with Gasteiger partial charge in [0.25, 0.3) is 0 Å². The summed E-state index contributed by atoms with van der Waals surface area (Å²) in [6, 6.07) is 16.3. The summed E-state index contributed by atoms with van der Waals surface area (Å²) >= 11 is 0. The Morgan fingerprint density at radius 2 is 1.63 bits per heavy atom. The maximum Gasteiger partial charge on any atom is 0.407 e. The SMILES string of the molecule is CC(C)CC(CNC(=O)OCC1c2ccccc2-c2ccccc21)C(=O)NC1(CC(=O)O)CCC1. The van der Waals surface area contributed by atoms with Crippen molar-refractivity contribution in [3.63, 3.8) is 0 Å². The average Bonchev–Trinajstić information content (AvgIpc) is 3.12. The minimum absolute atomic E-state index is 0.0302. The Morgan fingerprint density at radius 3 is 2.14 bits per heavy atom. The van der Waals surface area contributed by atoms with Gasteiger partial charge < -0.3 is 20.5 Å². The van der Waals surface area contributed by atoms with Gasteiger partial charge in [-0.25, -0.2) is 4.79 Å². The number of alkyl carbamates (subject to hydrolysis) is 1. The van der Waals surface area contributed by atoms with Crippen molar-refractivity contribution in [2.45, 2.75) is 57.4 Å². The number of fused-ring (bicyclic) bond motifs is 3. The Bertz CT molecular complexity index is 1050. The fourth-order valence-corrected chi connectivity index (χ4v) is 5.31. The topological polar surface area (TPSA) is 105 Å². The molecule has 7 nitrogen and oxygen atoms in total. The van der Waals surface area contributed by atoms with Crippen molar-refractivity contribution < 1.29 is 24.2 Å². The lowest BCUT2D eigenvalue weighted by molar-refractivity contribution is -0.140. The van der Waals surface area contributed by atoms with Gasteiger partial charge in [-0.15, -0.1) is 0 Å². The van der Waals surface area contributed by atoms with E-state index >= 15 is 0 Å². The van der Waals surface area contributed by atoms with Crippen molar-refractivity contribution in [1.29, 1.82) is 0 Å². The molecule has 0 heterocycles. The van der Waals surface area contributed by atoms with Crippen LogP contribution in [-0.4, -0.2) is 41.8 Å². The Hall–Kier alpha value is -3.35. The number of carboxylic acid groups (broad SMARTS) is 1. The van der Waals surface area contributed by atoms with Crippen LogP contribution in [0.15, 0.2) is 48.5 Å².